The summed E-state index contributed by atoms with van der Waals surface area (Å²) < 4.78 is 1.11. The van der Waals surface area contributed by atoms with Crippen molar-refractivity contribution in [2.45, 2.75) is 18.3 Å². The van der Waals surface area contributed by atoms with Crippen LogP contribution in [0.3, 0.4) is 0 Å². The lowest BCUT2D eigenvalue weighted by molar-refractivity contribution is 0.0954. The quantitative estimate of drug-likeness (QED) is 0.358. The zero-order chi connectivity index (χ0) is 19.1. The van der Waals surface area contributed by atoms with Gasteiger partial charge >= 0.3 is 0 Å². The van der Waals surface area contributed by atoms with Crippen molar-refractivity contribution in [3.8, 4) is 0 Å². The van der Waals surface area contributed by atoms with Crippen molar-refractivity contribution in [3.63, 3.8) is 0 Å². The molecule has 1 aromatic heterocycles. The van der Waals surface area contributed by atoms with Crippen molar-refractivity contribution in [3.05, 3.63) is 64.4 Å². The van der Waals surface area contributed by atoms with E-state index in [0.29, 0.717) is 18.7 Å². The summed E-state index contributed by atoms with van der Waals surface area (Å²) in [6.07, 6.45) is 5.55. The Bertz CT molecular complexity index is 805. The predicted molar refractivity (Wildman–Crippen MR) is 111 cm³/mol. The van der Waals surface area contributed by atoms with Crippen LogP contribution in [0.15, 0.2) is 58.3 Å². The van der Waals surface area contributed by atoms with Crippen LogP contribution in [-0.4, -0.2) is 43.5 Å². The van der Waals surface area contributed by atoms with E-state index < -0.39 is 0 Å². The van der Waals surface area contributed by atoms with Crippen molar-refractivity contribution in [2.75, 3.05) is 26.7 Å². The van der Waals surface area contributed by atoms with Crippen LogP contribution in [-0.2, 0) is 5.41 Å². The van der Waals surface area contributed by atoms with E-state index in [1.54, 1.807) is 31.6 Å². The van der Waals surface area contributed by atoms with Gasteiger partial charge in [0.1, 0.15) is 0 Å². The minimum absolute atomic E-state index is 0.126. The summed E-state index contributed by atoms with van der Waals surface area (Å²) in [6.45, 7) is 1.94. The first-order chi connectivity index (χ1) is 13.1. The number of rotatable bonds is 7. The van der Waals surface area contributed by atoms with Crippen molar-refractivity contribution < 1.29 is 4.79 Å². The van der Waals surface area contributed by atoms with Crippen molar-refractivity contribution in [2.24, 2.45) is 4.99 Å². The Morgan fingerprint density at radius 3 is 2.67 bits per heavy atom. The summed E-state index contributed by atoms with van der Waals surface area (Å²) in [7, 11) is 1.75. The van der Waals surface area contributed by atoms with Gasteiger partial charge in [0.2, 0.25) is 0 Å². The molecule has 6 nitrogen and oxygen atoms in total. The highest BCUT2D eigenvalue weighted by molar-refractivity contribution is 9.10. The van der Waals surface area contributed by atoms with Gasteiger partial charge in [-0.2, -0.15) is 0 Å². The minimum Gasteiger partial charge on any atom is -0.356 e. The summed E-state index contributed by atoms with van der Waals surface area (Å²) in [5.41, 5.74) is 2.10. The molecule has 0 spiro atoms. The first-order valence-corrected chi connectivity index (χ1v) is 9.81. The number of hydrogen-bond acceptors (Lipinski definition) is 3. The lowest BCUT2D eigenvalue weighted by Gasteiger charge is -2.19. The Labute approximate surface area is 168 Å². The number of halogens is 1. The minimum atomic E-state index is -0.126. The van der Waals surface area contributed by atoms with Crippen LogP contribution in [0.2, 0.25) is 0 Å². The highest BCUT2D eigenvalue weighted by atomic mass is 79.9. The maximum Gasteiger partial charge on any atom is 0.252 e. The highest BCUT2D eigenvalue weighted by Gasteiger charge is 2.44. The smallest absolute Gasteiger partial charge is 0.252 e. The van der Waals surface area contributed by atoms with E-state index in [-0.39, 0.29) is 11.3 Å². The molecule has 1 amide bonds. The molecule has 0 radical (unpaired) electrons. The van der Waals surface area contributed by atoms with E-state index in [9.17, 15) is 4.79 Å². The average molecular weight is 430 g/mol. The van der Waals surface area contributed by atoms with Gasteiger partial charge in [0.05, 0.1) is 5.56 Å². The van der Waals surface area contributed by atoms with Gasteiger partial charge in [0.25, 0.3) is 5.91 Å². The van der Waals surface area contributed by atoms with Gasteiger partial charge in [-0.25, -0.2) is 0 Å². The number of amides is 1. The molecule has 27 heavy (non-hydrogen) atoms. The standard InChI is InChI=1S/C20H24BrN5O/c1-22-19(25-11-10-24-18(27)15-4-3-9-23-13-15)26-14-20(7-8-20)16-5-2-6-17(21)12-16/h2-6,9,12-13H,7-8,10-11,14H2,1H3,(H,24,27)(H2,22,25,26). The molecule has 3 N–H and O–H groups in total. The van der Waals surface area contributed by atoms with Crippen LogP contribution in [0.4, 0.5) is 0 Å². The molecule has 3 rings (SSSR count). The normalized spacial score (nSPS) is 15.1. The fraction of sp³-hybridized carbons (Fsp3) is 0.350. The molecule has 1 fully saturated rings. The molecule has 0 unspecified atom stereocenters. The summed E-state index contributed by atoms with van der Waals surface area (Å²) in [4.78, 5) is 20.2. The van der Waals surface area contributed by atoms with Crippen LogP contribution >= 0.6 is 15.9 Å². The van der Waals surface area contributed by atoms with Gasteiger partial charge in [-0.1, -0.05) is 28.1 Å². The first-order valence-electron chi connectivity index (χ1n) is 9.02. The summed E-state index contributed by atoms with van der Waals surface area (Å²) in [5, 5.41) is 9.52. The van der Waals surface area contributed by atoms with Crippen molar-refractivity contribution >= 4 is 27.8 Å². The number of pyridine rings is 1. The largest absolute Gasteiger partial charge is 0.356 e. The molecule has 1 heterocycles. The molecule has 2 aromatic rings. The lowest BCUT2D eigenvalue weighted by Crippen LogP contribution is -2.44. The second-order valence-electron chi connectivity index (χ2n) is 6.64. The Morgan fingerprint density at radius 2 is 2.00 bits per heavy atom. The van der Waals surface area contributed by atoms with Gasteiger partial charge in [-0.3, -0.25) is 14.8 Å². The molecule has 142 valence electrons. The number of benzene rings is 1. The number of carbonyl (C=O) groups is 1. The van der Waals surface area contributed by atoms with Crippen LogP contribution < -0.4 is 16.0 Å². The van der Waals surface area contributed by atoms with E-state index in [4.69, 9.17) is 0 Å². The molecule has 1 aromatic carbocycles. The summed E-state index contributed by atoms with van der Waals surface area (Å²) >= 11 is 3.55. The van der Waals surface area contributed by atoms with Crippen LogP contribution in [0, 0.1) is 0 Å². The van der Waals surface area contributed by atoms with E-state index >= 15 is 0 Å². The van der Waals surface area contributed by atoms with Crippen LogP contribution in [0.25, 0.3) is 0 Å². The molecule has 0 aliphatic heterocycles. The number of hydrogen-bond donors (Lipinski definition) is 3. The number of nitrogens with zero attached hydrogens (tertiary/aromatic N) is 2. The fourth-order valence-corrected chi connectivity index (χ4v) is 3.37. The third-order valence-electron chi connectivity index (χ3n) is 4.74. The maximum absolute atomic E-state index is 12.0. The third-order valence-corrected chi connectivity index (χ3v) is 5.23. The van der Waals surface area contributed by atoms with Gasteiger partial charge in [-0.15, -0.1) is 0 Å². The van der Waals surface area contributed by atoms with Crippen LogP contribution in [0.1, 0.15) is 28.8 Å². The van der Waals surface area contributed by atoms with Crippen molar-refractivity contribution in [1.29, 1.82) is 0 Å². The van der Waals surface area contributed by atoms with E-state index in [0.717, 1.165) is 17.0 Å². The van der Waals surface area contributed by atoms with Gasteiger partial charge < -0.3 is 16.0 Å². The molecular weight excluding hydrogens is 406 g/mol. The zero-order valence-electron chi connectivity index (χ0n) is 15.3. The van der Waals surface area contributed by atoms with Gasteiger partial charge in [-0.05, 0) is 42.7 Å². The molecule has 0 saturated heterocycles. The molecule has 0 bridgehead atoms. The number of guanidine groups is 1. The Kier molecular flexibility index (Phi) is 6.45. The van der Waals surface area contributed by atoms with E-state index in [1.165, 1.54) is 18.4 Å². The summed E-state index contributed by atoms with van der Waals surface area (Å²) in [5.74, 6) is 0.617. The average Bonchev–Trinajstić information content (AvgIpc) is 3.49. The third kappa shape index (κ3) is 5.29. The molecule has 0 atom stereocenters. The number of nitrogens with one attached hydrogen (secondary N) is 3. The molecular formula is C20H24BrN5O. The topological polar surface area (TPSA) is 78.4 Å². The second kappa shape index (κ2) is 8.99. The van der Waals surface area contributed by atoms with Gasteiger partial charge in [0, 0.05) is 49.0 Å². The monoisotopic (exact) mass is 429 g/mol. The Balaban J connectivity index is 1.42. The Hall–Kier alpha value is -2.41. The fourth-order valence-electron chi connectivity index (χ4n) is 2.97. The van der Waals surface area contributed by atoms with Crippen molar-refractivity contribution in [1.82, 2.24) is 20.9 Å². The lowest BCUT2D eigenvalue weighted by atomic mass is 9.96. The molecule has 7 heteroatoms. The first kappa shape index (κ1) is 19.4. The molecule has 1 aliphatic carbocycles. The Morgan fingerprint density at radius 1 is 1.19 bits per heavy atom. The maximum atomic E-state index is 12.0. The number of aliphatic imine (C=N–C) groups is 1. The zero-order valence-corrected chi connectivity index (χ0v) is 16.9. The second-order valence-corrected chi connectivity index (χ2v) is 7.56. The number of carbonyl (C=O) groups excluding carboxylic acids is 1. The van der Waals surface area contributed by atoms with Crippen LogP contribution in [0.5, 0.6) is 0 Å². The summed E-state index contributed by atoms with van der Waals surface area (Å²) in [6, 6.07) is 12.0. The van der Waals surface area contributed by atoms with Gasteiger partial charge in [0.15, 0.2) is 5.96 Å². The number of aromatic nitrogens is 1. The van der Waals surface area contributed by atoms with E-state index in [1.807, 2.05) is 6.07 Å². The molecule has 1 saturated carbocycles. The molecule has 1 aliphatic rings. The SMILES string of the molecule is CN=C(NCCNC(=O)c1cccnc1)NCC1(c2cccc(Br)c2)CC1. The predicted octanol–water partition coefficient (Wildman–Crippen LogP) is 2.47. The highest BCUT2D eigenvalue weighted by Crippen LogP contribution is 2.48. The van der Waals surface area contributed by atoms with E-state index in [2.05, 4.69) is 60.1 Å².